The van der Waals surface area contributed by atoms with Crippen molar-refractivity contribution in [1.29, 1.82) is 0 Å². The van der Waals surface area contributed by atoms with Gasteiger partial charge < -0.3 is 15.0 Å². The van der Waals surface area contributed by atoms with E-state index in [4.69, 9.17) is 4.74 Å². The highest BCUT2D eigenvalue weighted by Crippen LogP contribution is 2.25. The van der Waals surface area contributed by atoms with Gasteiger partial charge in [-0.25, -0.2) is 4.79 Å². The number of hydrogen-bond donors (Lipinski definition) is 1. The number of esters is 1. The van der Waals surface area contributed by atoms with E-state index in [-0.39, 0.29) is 11.3 Å². The molecule has 0 unspecified atom stereocenters. The third-order valence-corrected chi connectivity index (χ3v) is 4.61. The fourth-order valence-corrected chi connectivity index (χ4v) is 2.87. The first-order valence-electron chi connectivity index (χ1n) is 9.67. The summed E-state index contributed by atoms with van der Waals surface area (Å²) in [4.78, 5) is 36.4. The molecule has 0 atom stereocenters. The highest BCUT2D eigenvalue weighted by atomic mass is 16.6. The number of carbonyl (C=O) groups is 2. The van der Waals surface area contributed by atoms with Gasteiger partial charge in [0.15, 0.2) is 6.61 Å². The number of hydrogen-bond acceptors (Lipinski definition) is 6. The van der Waals surface area contributed by atoms with Gasteiger partial charge in [0.25, 0.3) is 11.6 Å². The van der Waals surface area contributed by atoms with Crippen LogP contribution in [0.5, 0.6) is 0 Å². The van der Waals surface area contributed by atoms with Gasteiger partial charge in [0.1, 0.15) is 0 Å². The molecule has 1 N–H and O–H groups in total. The van der Waals surface area contributed by atoms with Crippen molar-refractivity contribution in [2.75, 3.05) is 32.1 Å². The van der Waals surface area contributed by atoms with E-state index in [1.165, 1.54) is 17.7 Å². The number of nitro groups is 1. The lowest BCUT2D eigenvalue weighted by Crippen LogP contribution is -2.30. The molecule has 0 aliphatic carbocycles. The van der Waals surface area contributed by atoms with Crippen LogP contribution in [0.15, 0.2) is 42.5 Å². The number of amides is 1. The van der Waals surface area contributed by atoms with Crippen LogP contribution in [0.25, 0.3) is 0 Å². The van der Waals surface area contributed by atoms with Crippen molar-refractivity contribution in [3.05, 3.63) is 69.3 Å². The smallest absolute Gasteiger partial charge is 0.341 e. The fraction of sp³-hybridized carbons (Fsp3) is 0.364. The molecule has 30 heavy (non-hydrogen) atoms. The van der Waals surface area contributed by atoms with Gasteiger partial charge in [-0.3, -0.25) is 14.9 Å². The minimum absolute atomic E-state index is 0.0345. The number of nitrogens with zero attached hydrogens (tertiary/aromatic N) is 2. The molecule has 0 saturated carbocycles. The van der Waals surface area contributed by atoms with Crippen molar-refractivity contribution in [3.63, 3.8) is 0 Å². The van der Waals surface area contributed by atoms with Gasteiger partial charge in [-0.1, -0.05) is 38.1 Å². The van der Waals surface area contributed by atoms with Crippen molar-refractivity contribution in [2.45, 2.75) is 26.2 Å². The molecule has 0 aromatic heterocycles. The van der Waals surface area contributed by atoms with Gasteiger partial charge in [-0.2, -0.15) is 0 Å². The highest BCUT2D eigenvalue weighted by Gasteiger charge is 2.20. The Kier molecular flexibility index (Phi) is 7.91. The largest absolute Gasteiger partial charge is 0.452 e. The Balaban J connectivity index is 1.87. The van der Waals surface area contributed by atoms with Crippen molar-refractivity contribution < 1.29 is 19.2 Å². The minimum atomic E-state index is -0.790. The molecule has 2 rings (SSSR count). The summed E-state index contributed by atoms with van der Waals surface area (Å²) in [6, 6.07) is 12.2. The summed E-state index contributed by atoms with van der Waals surface area (Å²) in [5, 5.41) is 13.7. The van der Waals surface area contributed by atoms with E-state index in [2.05, 4.69) is 31.3 Å². The first-order valence-corrected chi connectivity index (χ1v) is 9.67. The van der Waals surface area contributed by atoms with E-state index in [9.17, 15) is 19.7 Å². The van der Waals surface area contributed by atoms with Crippen molar-refractivity contribution in [2.24, 2.45) is 0 Å². The molecule has 2 aromatic rings. The van der Waals surface area contributed by atoms with E-state index < -0.39 is 23.4 Å². The van der Waals surface area contributed by atoms with Gasteiger partial charge in [-0.05, 0) is 29.5 Å². The van der Waals surface area contributed by atoms with Crippen LogP contribution in [0.4, 0.5) is 11.4 Å². The molecular weight excluding hydrogens is 386 g/mol. The molecule has 0 aliphatic rings. The fourth-order valence-electron chi connectivity index (χ4n) is 2.87. The third kappa shape index (κ3) is 6.30. The summed E-state index contributed by atoms with van der Waals surface area (Å²) >= 11 is 0. The molecule has 0 spiro atoms. The number of non-ortho nitro benzene ring substituents is 1. The lowest BCUT2D eigenvalue weighted by Gasteiger charge is -2.16. The zero-order valence-corrected chi connectivity index (χ0v) is 17.7. The topological polar surface area (TPSA) is 102 Å². The van der Waals surface area contributed by atoms with Gasteiger partial charge in [0, 0.05) is 32.8 Å². The van der Waals surface area contributed by atoms with Crippen LogP contribution < -0.4 is 10.2 Å². The second kappa shape index (κ2) is 10.4. The summed E-state index contributed by atoms with van der Waals surface area (Å²) in [6.45, 7) is 4.22. The zero-order valence-electron chi connectivity index (χ0n) is 17.7. The number of rotatable bonds is 9. The molecule has 0 aliphatic heterocycles. The van der Waals surface area contributed by atoms with Crippen LogP contribution in [0.3, 0.4) is 0 Å². The van der Waals surface area contributed by atoms with Gasteiger partial charge in [0.05, 0.1) is 16.2 Å². The van der Waals surface area contributed by atoms with Crippen LogP contribution in [0.1, 0.15) is 41.3 Å². The molecule has 0 heterocycles. The monoisotopic (exact) mass is 413 g/mol. The van der Waals surface area contributed by atoms with E-state index in [0.29, 0.717) is 24.6 Å². The van der Waals surface area contributed by atoms with Gasteiger partial charge >= 0.3 is 5.97 Å². The summed E-state index contributed by atoms with van der Waals surface area (Å²) in [7, 11) is 3.41. The molecule has 8 nitrogen and oxygen atoms in total. The maximum absolute atomic E-state index is 12.4. The lowest BCUT2D eigenvalue weighted by molar-refractivity contribution is -0.384. The second-order valence-corrected chi connectivity index (χ2v) is 7.43. The Morgan fingerprint density at radius 1 is 1.13 bits per heavy atom. The summed E-state index contributed by atoms with van der Waals surface area (Å²) in [5.74, 6) is -0.756. The molecule has 0 fully saturated rings. The quantitative estimate of drug-likeness (QED) is 0.384. The predicted molar refractivity (Wildman–Crippen MR) is 115 cm³/mol. The van der Waals surface area contributed by atoms with E-state index in [1.54, 1.807) is 19.0 Å². The lowest BCUT2D eigenvalue weighted by atomic mass is 10.0. The molecule has 2 aromatic carbocycles. The number of anilines is 1. The minimum Gasteiger partial charge on any atom is -0.452 e. The third-order valence-electron chi connectivity index (χ3n) is 4.61. The zero-order chi connectivity index (χ0) is 22.3. The molecule has 0 radical (unpaired) electrons. The Morgan fingerprint density at radius 3 is 2.37 bits per heavy atom. The van der Waals surface area contributed by atoms with Crippen LogP contribution in [0, 0.1) is 10.1 Å². The summed E-state index contributed by atoms with van der Waals surface area (Å²) in [5.41, 5.74) is 2.64. The Bertz CT molecular complexity index is 907. The number of carbonyl (C=O) groups excluding carboxylic acids is 2. The van der Waals surface area contributed by atoms with Crippen LogP contribution >= 0.6 is 0 Å². The number of nitrogens with one attached hydrogen (secondary N) is 1. The number of ether oxygens (including phenoxy) is 1. The van der Waals surface area contributed by atoms with E-state index >= 15 is 0 Å². The van der Waals surface area contributed by atoms with Gasteiger partial charge in [-0.15, -0.1) is 0 Å². The Labute approximate surface area is 176 Å². The van der Waals surface area contributed by atoms with Crippen molar-refractivity contribution in [3.8, 4) is 0 Å². The van der Waals surface area contributed by atoms with Crippen LogP contribution in [0.2, 0.25) is 0 Å². The normalized spacial score (nSPS) is 10.6. The summed E-state index contributed by atoms with van der Waals surface area (Å²) < 4.78 is 5.06. The second-order valence-electron chi connectivity index (χ2n) is 7.43. The van der Waals surface area contributed by atoms with E-state index in [0.717, 1.165) is 11.6 Å². The average molecular weight is 413 g/mol. The molecule has 0 saturated heterocycles. The Hall–Kier alpha value is -3.42. The first-order chi connectivity index (χ1) is 14.2. The predicted octanol–water partition coefficient (Wildman–Crippen LogP) is 3.30. The SMILES string of the molecule is CC(C)c1ccc(CCNC(=O)COC(=O)c2cc([N+](=O)[O-])ccc2N(C)C)cc1. The van der Waals surface area contributed by atoms with Crippen molar-refractivity contribution in [1.82, 2.24) is 5.32 Å². The summed E-state index contributed by atoms with van der Waals surface area (Å²) in [6.07, 6.45) is 0.660. The highest BCUT2D eigenvalue weighted by molar-refractivity contribution is 5.97. The van der Waals surface area contributed by atoms with Crippen LogP contribution in [-0.4, -0.2) is 44.0 Å². The van der Waals surface area contributed by atoms with Crippen LogP contribution in [-0.2, 0) is 16.0 Å². The van der Waals surface area contributed by atoms with Crippen molar-refractivity contribution >= 4 is 23.3 Å². The Morgan fingerprint density at radius 2 is 1.80 bits per heavy atom. The molecule has 0 bridgehead atoms. The molecular formula is C22H27N3O5. The average Bonchev–Trinajstić information content (AvgIpc) is 2.71. The van der Waals surface area contributed by atoms with Gasteiger partial charge in [0.2, 0.25) is 0 Å². The maximum Gasteiger partial charge on any atom is 0.341 e. The standard InChI is InChI=1S/C22H27N3O5/c1-15(2)17-7-5-16(6-8-17)11-12-23-21(26)14-30-22(27)19-13-18(25(28)29)9-10-20(19)24(3)4/h5-10,13,15H,11-12,14H2,1-4H3,(H,23,26). The number of nitro benzene ring substituents is 1. The number of benzene rings is 2. The molecule has 8 heteroatoms. The molecule has 160 valence electrons. The first kappa shape index (κ1) is 22.9. The van der Waals surface area contributed by atoms with E-state index in [1.807, 2.05) is 12.1 Å². The molecule has 1 amide bonds. The maximum atomic E-state index is 12.4.